The molecule has 0 unspecified atom stereocenters. The average molecular weight is 507 g/mol. The van der Waals surface area contributed by atoms with E-state index in [9.17, 15) is 9.59 Å². The largest absolute Gasteiger partial charge is 0.483 e. The molecule has 3 heterocycles. The molecule has 0 spiro atoms. The number of nitrogens with two attached hydrogens (primary N) is 1. The molecule has 2 aromatic rings. The molecule has 1 aromatic heterocycles. The number of fused-ring (bicyclic) bond motifs is 1. The van der Waals surface area contributed by atoms with E-state index in [-0.39, 0.29) is 30.5 Å². The van der Waals surface area contributed by atoms with E-state index in [1.807, 2.05) is 0 Å². The molecule has 3 aliphatic rings. The van der Waals surface area contributed by atoms with Crippen molar-refractivity contribution in [3.63, 3.8) is 0 Å². The number of rotatable bonds is 5. The number of aromatic nitrogens is 2. The summed E-state index contributed by atoms with van der Waals surface area (Å²) in [7, 11) is 0. The topological polar surface area (TPSA) is 123 Å². The number of carbonyl (C=O) groups excluding carboxylic acids is 2. The van der Waals surface area contributed by atoms with Gasteiger partial charge >= 0.3 is 6.03 Å². The molecule has 2 fully saturated rings. The van der Waals surface area contributed by atoms with Crippen molar-refractivity contribution in [3.05, 3.63) is 33.4 Å². The standard InChI is InChI=1S/C22H24Cl2N6O4/c23-12-7-15(24)19(17(8-12)34-11-18(31)29-3-5-33-6-4-29)20-14-9-30(22(32)26-13-1-2-13)10-16(14)27-21(25)28-20/h7-8,13H,1-6,9-11H2,(H,26,32)(H2,25,27,28). The first-order chi connectivity index (χ1) is 16.4. The van der Waals surface area contributed by atoms with Gasteiger partial charge in [0.1, 0.15) is 5.75 Å². The first-order valence-corrected chi connectivity index (χ1v) is 11.8. The molecule has 3 amide bonds. The van der Waals surface area contributed by atoms with Crippen LogP contribution in [0.25, 0.3) is 11.3 Å². The van der Waals surface area contributed by atoms with E-state index in [0.717, 1.165) is 18.4 Å². The second kappa shape index (κ2) is 9.44. The normalized spacial score (nSPS) is 17.5. The van der Waals surface area contributed by atoms with E-state index >= 15 is 0 Å². The number of benzene rings is 1. The Bertz CT molecular complexity index is 1140. The molecule has 3 N–H and O–H groups in total. The maximum Gasteiger partial charge on any atom is 0.318 e. The maximum absolute atomic E-state index is 12.6. The van der Waals surface area contributed by atoms with Gasteiger partial charge in [0.2, 0.25) is 5.95 Å². The molecule has 180 valence electrons. The van der Waals surface area contributed by atoms with Crippen molar-refractivity contribution < 1.29 is 19.1 Å². The quantitative estimate of drug-likeness (QED) is 0.638. The fraction of sp³-hybridized carbons (Fsp3) is 0.455. The van der Waals surface area contributed by atoms with E-state index < -0.39 is 0 Å². The van der Waals surface area contributed by atoms with Gasteiger partial charge in [0.05, 0.1) is 48.3 Å². The molecule has 1 saturated carbocycles. The molecular weight excluding hydrogens is 483 g/mol. The fourth-order valence-corrected chi connectivity index (χ4v) is 4.62. The number of hydrogen-bond acceptors (Lipinski definition) is 7. The van der Waals surface area contributed by atoms with Crippen LogP contribution in [0.3, 0.4) is 0 Å². The number of urea groups is 1. The highest BCUT2D eigenvalue weighted by Gasteiger charge is 2.33. The van der Waals surface area contributed by atoms with Crippen LogP contribution in [0, 0.1) is 0 Å². The Balaban J connectivity index is 1.44. The predicted octanol–water partition coefficient (Wildman–Crippen LogP) is 2.46. The number of ether oxygens (including phenoxy) is 2. The molecule has 10 nitrogen and oxygen atoms in total. The summed E-state index contributed by atoms with van der Waals surface area (Å²) in [6.07, 6.45) is 1.99. The van der Waals surface area contributed by atoms with Crippen LogP contribution >= 0.6 is 23.2 Å². The molecular formula is C22H24Cl2N6O4. The van der Waals surface area contributed by atoms with Gasteiger partial charge in [0, 0.05) is 29.7 Å². The number of amides is 3. The molecule has 1 aromatic carbocycles. The lowest BCUT2D eigenvalue weighted by Crippen LogP contribution is -2.43. The van der Waals surface area contributed by atoms with E-state index in [2.05, 4.69) is 15.3 Å². The number of nitrogens with zero attached hydrogens (tertiary/aromatic N) is 4. The molecule has 1 saturated heterocycles. The number of carbonyl (C=O) groups is 2. The second-order valence-corrected chi connectivity index (χ2v) is 9.32. The van der Waals surface area contributed by atoms with E-state index in [0.29, 0.717) is 72.1 Å². The summed E-state index contributed by atoms with van der Waals surface area (Å²) in [4.78, 5) is 37.4. The number of morpholine rings is 1. The minimum Gasteiger partial charge on any atom is -0.483 e. The van der Waals surface area contributed by atoms with Gasteiger partial charge < -0.3 is 30.3 Å². The highest BCUT2D eigenvalue weighted by atomic mass is 35.5. The summed E-state index contributed by atoms with van der Waals surface area (Å²) in [5.41, 5.74) is 8.30. The molecule has 2 aliphatic heterocycles. The predicted molar refractivity (Wildman–Crippen MR) is 126 cm³/mol. The summed E-state index contributed by atoms with van der Waals surface area (Å²) in [5.74, 6) is 0.195. The molecule has 0 radical (unpaired) electrons. The van der Waals surface area contributed by atoms with Crippen molar-refractivity contribution in [1.82, 2.24) is 25.1 Å². The second-order valence-electron chi connectivity index (χ2n) is 8.48. The van der Waals surface area contributed by atoms with Gasteiger partial charge in [-0.05, 0) is 25.0 Å². The summed E-state index contributed by atoms with van der Waals surface area (Å²) >= 11 is 12.8. The first kappa shape index (κ1) is 22.9. The lowest BCUT2D eigenvalue weighted by atomic mass is 10.0. The Hall–Kier alpha value is -2.82. The minimum absolute atomic E-state index is 0.0551. The van der Waals surface area contributed by atoms with E-state index in [1.54, 1.807) is 21.9 Å². The highest BCUT2D eigenvalue weighted by Crippen LogP contribution is 2.42. The summed E-state index contributed by atoms with van der Waals surface area (Å²) in [5, 5.41) is 3.63. The average Bonchev–Trinajstić information content (AvgIpc) is 3.52. The Labute approximate surface area is 206 Å². The van der Waals surface area contributed by atoms with Crippen LogP contribution in [0.5, 0.6) is 5.75 Å². The van der Waals surface area contributed by atoms with Crippen LogP contribution in [0.4, 0.5) is 10.7 Å². The number of nitrogens with one attached hydrogen (secondary N) is 1. The Kier molecular flexibility index (Phi) is 6.37. The van der Waals surface area contributed by atoms with Crippen LogP contribution in [0.1, 0.15) is 24.1 Å². The van der Waals surface area contributed by atoms with Crippen LogP contribution in [-0.2, 0) is 22.6 Å². The van der Waals surface area contributed by atoms with Gasteiger partial charge in [-0.15, -0.1) is 0 Å². The zero-order valence-electron chi connectivity index (χ0n) is 18.4. The number of anilines is 1. The van der Waals surface area contributed by atoms with Crippen molar-refractivity contribution in [2.45, 2.75) is 32.0 Å². The first-order valence-electron chi connectivity index (χ1n) is 11.1. The van der Waals surface area contributed by atoms with Crippen LogP contribution in [0.2, 0.25) is 10.0 Å². The zero-order chi connectivity index (χ0) is 23.8. The van der Waals surface area contributed by atoms with Gasteiger partial charge in [0.25, 0.3) is 5.91 Å². The zero-order valence-corrected chi connectivity index (χ0v) is 19.9. The van der Waals surface area contributed by atoms with Gasteiger partial charge in [-0.2, -0.15) is 0 Å². The van der Waals surface area contributed by atoms with Crippen LogP contribution < -0.4 is 15.8 Å². The monoisotopic (exact) mass is 506 g/mol. The Morgan fingerprint density at radius 1 is 1.15 bits per heavy atom. The van der Waals surface area contributed by atoms with Gasteiger partial charge in [-0.25, -0.2) is 14.8 Å². The summed E-state index contributed by atoms with van der Waals surface area (Å²) in [6, 6.07) is 3.25. The molecule has 0 atom stereocenters. The molecule has 0 bridgehead atoms. The smallest absolute Gasteiger partial charge is 0.318 e. The lowest BCUT2D eigenvalue weighted by Gasteiger charge is -2.27. The van der Waals surface area contributed by atoms with Crippen LogP contribution in [0.15, 0.2) is 12.1 Å². The van der Waals surface area contributed by atoms with Crippen molar-refractivity contribution in [1.29, 1.82) is 0 Å². The number of hydrogen-bond donors (Lipinski definition) is 2. The van der Waals surface area contributed by atoms with Crippen molar-refractivity contribution in [2.24, 2.45) is 0 Å². The summed E-state index contributed by atoms with van der Waals surface area (Å²) < 4.78 is 11.2. The minimum atomic E-state index is -0.192. The SMILES string of the molecule is Nc1nc2c(c(-c3c(Cl)cc(Cl)cc3OCC(=O)N3CCOCC3)n1)CN(C(=O)NC1CC1)C2. The third-order valence-corrected chi connectivity index (χ3v) is 6.48. The highest BCUT2D eigenvalue weighted by molar-refractivity contribution is 6.37. The van der Waals surface area contributed by atoms with Gasteiger partial charge in [-0.1, -0.05) is 23.2 Å². The Morgan fingerprint density at radius 2 is 1.91 bits per heavy atom. The van der Waals surface area contributed by atoms with Crippen LogP contribution in [-0.4, -0.2) is 70.7 Å². The molecule has 5 rings (SSSR count). The fourth-order valence-electron chi connectivity index (χ4n) is 4.06. The van der Waals surface area contributed by atoms with Crippen molar-refractivity contribution >= 4 is 41.1 Å². The van der Waals surface area contributed by atoms with Gasteiger partial charge in [-0.3, -0.25) is 4.79 Å². The van der Waals surface area contributed by atoms with E-state index in [4.69, 9.17) is 38.4 Å². The van der Waals surface area contributed by atoms with Crippen molar-refractivity contribution in [2.75, 3.05) is 38.6 Å². The number of halogens is 2. The third-order valence-electron chi connectivity index (χ3n) is 5.96. The van der Waals surface area contributed by atoms with E-state index in [1.165, 1.54) is 0 Å². The Morgan fingerprint density at radius 3 is 2.65 bits per heavy atom. The molecule has 12 heteroatoms. The summed E-state index contributed by atoms with van der Waals surface area (Å²) in [6.45, 7) is 2.44. The third kappa shape index (κ3) is 4.84. The maximum atomic E-state index is 12.6. The van der Waals surface area contributed by atoms with Gasteiger partial charge in [0.15, 0.2) is 6.61 Å². The molecule has 34 heavy (non-hydrogen) atoms. The molecule has 1 aliphatic carbocycles. The van der Waals surface area contributed by atoms with Crippen molar-refractivity contribution in [3.8, 4) is 17.0 Å². The number of nitrogen functional groups attached to an aromatic ring is 1. The lowest BCUT2D eigenvalue weighted by molar-refractivity contribution is -0.137.